The first kappa shape index (κ1) is 12.8. The van der Waals surface area contributed by atoms with E-state index in [1.807, 2.05) is 0 Å². The second kappa shape index (κ2) is 5.31. The summed E-state index contributed by atoms with van der Waals surface area (Å²) in [5.41, 5.74) is 0. The van der Waals surface area contributed by atoms with Crippen molar-refractivity contribution in [2.24, 2.45) is 0 Å². The minimum Gasteiger partial charge on any atom is -0.355 e. The Morgan fingerprint density at radius 3 is 2.88 bits per heavy atom. The number of thiophene rings is 1. The van der Waals surface area contributed by atoms with Gasteiger partial charge in [-0.2, -0.15) is 0 Å². The van der Waals surface area contributed by atoms with Crippen molar-refractivity contribution in [3.63, 3.8) is 0 Å². The number of alkyl halides is 1. The van der Waals surface area contributed by atoms with Crippen LogP contribution in [-0.2, 0) is 6.42 Å². The minimum atomic E-state index is 0.415. The van der Waals surface area contributed by atoms with E-state index in [0.29, 0.717) is 6.04 Å². The predicted molar refractivity (Wildman–Crippen MR) is 78.5 cm³/mol. The van der Waals surface area contributed by atoms with Gasteiger partial charge in [-0.3, -0.25) is 0 Å². The predicted octanol–water partition coefficient (Wildman–Crippen LogP) is 3.47. The Morgan fingerprint density at radius 2 is 2.24 bits per heavy atom. The first-order valence-electron chi connectivity index (χ1n) is 5.69. The van der Waals surface area contributed by atoms with Gasteiger partial charge >= 0.3 is 0 Å². The highest BCUT2D eigenvalue weighted by Gasteiger charge is 2.15. The third-order valence-electron chi connectivity index (χ3n) is 2.93. The van der Waals surface area contributed by atoms with E-state index in [-0.39, 0.29) is 0 Å². The fourth-order valence-electron chi connectivity index (χ4n) is 1.66. The molecule has 1 unspecified atom stereocenters. The van der Waals surface area contributed by atoms with Crippen LogP contribution in [0.3, 0.4) is 0 Å². The molecule has 0 aromatic carbocycles. The van der Waals surface area contributed by atoms with Crippen molar-refractivity contribution >= 4 is 43.3 Å². The number of hydrogen-bond acceptors (Lipinski definition) is 4. The SMILES string of the molecule is CCc1cc2c(N(C)C(C)CBr)ncnc2s1. The number of nitrogens with zero attached hydrogens (tertiary/aromatic N) is 3. The Labute approximate surface area is 114 Å². The lowest BCUT2D eigenvalue weighted by Crippen LogP contribution is -2.30. The Morgan fingerprint density at radius 1 is 1.47 bits per heavy atom. The Hall–Kier alpha value is -0.680. The van der Waals surface area contributed by atoms with Crippen molar-refractivity contribution in [2.45, 2.75) is 26.3 Å². The van der Waals surface area contributed by atoms with Crippen LogP contribution in [0.5, 0.6) is 0 Å². The number of rotatable bonds is 4. The van der Waals surface area contributed by atoms with E-state index in [2.05, 4.69) is 57.8 Å². The van der Waals surface area contributed by atoms with Gasteiger partial charge in [-0.05, 0) is 19.4 Å². The minimum absolute atomic E-state index is 0.415. The second-order valence-electron chi connectivity index (χ2n) is 4.10. The molecule has 5 heteroatoms. The molecule has 0 aliphatic rings. The van der Waals surface area contributed by atoms with E-state index in [9.17, 15) is 0 Å². The van der Waals surface area contributed by atoms with E-state index >= 15 is 0 Å². The van der Waals surface area contributed by atoms with Gasteiger partial charge in [0.2, 0.25) is 0 Å². The number of aryl methyl sites for hydroxylation is 1. The van der Waals surface area contributed by atoms with Crippen LogP contribution in [0.15, 0.2) is 12.4 Å². The zero-order chi connectivity index (χ0) is 12.4. The summed E-state index contributed by atoms with van der Waals surface area (Å²) >= 11 is 5.27. The molecule has 0 radical (unpaired) electrons. The molecule has 0 amide bonds. The number of anilines is 1. The lowest BCUT2D eigenvalue weighted by atomic mass is 10.2. The maximum Gasteiger partial charge on any atom is 0.140 e. The Kier molecular flexibility index (Phi) is 3.99. The largest absolute Gasteiger partial charge is 0.355 e. The molecule has 0 fully saturated rings. The van der Waals surface area contributed by atoms with E-state index in [1.165, 1.54) is 10.3 Å². The van der Waals surface area contributed by atoms with Crippen LogP contribution >= 0.6 is 27.3 Å². The third kappa shape index (κ3) is 2.45. The van der Waals surface area contributed by atoms with Gasteiger partial charge in [-0.1, -0.05) is 22.9 Å². The summed E-state index contributed by atoms with van der Waals surface area (Å²) in [5, 5.41) is 2.10. The third-order valence-corrected chi connectivity index (χ3v) is 5.05. The van der Waals surface area contributed by atoms with E-state index < -0.39 is 0 Å². The van der Waals surface area contributed by atoms with Crippen LogP contribution in [0.25, 0.3) is 10.2 Å². The Balaban J connectivity index is 2.49. The highest BCUT2D eigenvalue weighted by molar-refractivity contribution is 9.09. The summed E-state index contributed by atoms with van der Waals surface area (Å²) in [6, 6.07) is 2.63. The molecule has 2 aromatic heterocycles. The van der Waals surface area contributed by atoms with Crippen molar-refractivity contribution in [3.8, 4) is 0 Å². The summed E-state index contributed by atoms with van der Waals surface area (Å²) in [6.45, 7) is 4.35. The lowest BCUT2D eigenvalue weighted by Gasteiger charge is -2.24. The van der Waals surface area contributed by atoms with Gasteiger partial charge in [-0.15, -0.1) is 11.3 Å². The molecule has 0 aliphatic carbocycles. The number of hydrogen-bond donors (Lipinski definition) is 0. The molecule has 0 aliphatic heterocycles. The quantitative estimate of drug-likeness (QED) is 0.809. The van der Waals surface area contributed by atoms with E-state index in [1.54, 1.807) is 17.7 Å². The van der Waals surface area contributed by atoms with Gasteiger partial charge in [0.1, 0.15) is 17.0 Å². The standard InChI is InChI=1S/C12H16BrN3S/c1-4-9-5-10-11(16(3)8(2)6-13)14-7-15-12(10)17-9/h5,7-8H,4,6H2,1-3H3. The van der Waals surface area contributed by atoms with Crippen molar-refractivity contribution in [1.29, 1.82) is 0 Å². The van der Waals surface area contributed by atoms with E-state index in [4.69, 9.17) is 0 Å². The molecule has 2 aromatic rings. The van der Waals surface area contributed by atoms with Crippen LogP contribution < -0.4 is 4.90 Å². The number of aromatic nitrogens is 2. The zero-order valence-corrected chi connectivity index (χ0v) is 12.7. The van der Waals surface area contributed by atoms with Gasteiger partial charge in [0, 0.05) is 23.3 Å². The smallest absolute Gasteiger partial charge is 0.140 e. The van der Waals surface area contributed by atoms with Crippen molar-refractivity contribution < 1.29 is 0 Å². The molecule has 0 saturated heterocycles. The summed E-state index contributed by atoms with van der Waals surface area (Å²) in [7, 11) is 2.08. The highest BCUT2D eigenvalue weighted by Crippen LogP contribution is 2.30. The molecular formula is C12H16BrN3S. The van der Waals surface area contributed by atoms with Gasteiger partial charge in [-0.25, -0.2) is 9.97 Å². The second-order valence-corrected chi connectivity index (χ2v) is 5.86. The Bertz CT molecular complexity index is 511. The molecular weight excluding hydrogens is 298 g/mol. The monoisotopic (exact) mass is 313 g/mol. The molecule has 2 heterocycles. The van der Waals surface area contributed by atoms with Gasteiger partial charge in [0.25, 0.3) is 0 Å². The summed E-state index contributed by atoms with van der Waals surface area (Å²) in [5.74, 6) is 1.03. The van der Waals surface area contributed by atoms with Crippen LogP contribution in [0.2, 0.25) is 0 Å². The van der Waals surface area contributed by atoms with Gasteiger partial charge in [0.05, 0.1) is 5.39 Å². The first-order valence-corrected chi connectivity index (χ1v) is 7.63. The normalized spacial score (nSPS) is 12.9. The number of halogens is 1. The first-order chi connectivity index (χ1) is 8.17. The highest BCUT2D eigenvalue weighted by atomic mass is 79.9. The van der Waals surface area contributed by atoms with Crippen LogP contribution in [0, 0.1) is 0 Å². The molecule has 1 atom stereocenters. The maximum atomic E-state index is 4.42. The van der Waals surface area contributed by atoms with E-state index in [0.717, 1.165) is 22.4 Å². The number of fused-ring (bicyclic) bond motifs is 1. The molecule has 0 bridgehead atoms. The molecule has 0 spiro atoms. The maximum absolute atomic E-state index is 4.42. The summed E-state index contributed by atoms with van der Waals surface area (Å²) in [4.78, 5) is 13.4. The fourth-order valence-corrected chi connectivity index (χ4v) is 3.02. The molecule has 17 heavy (non-hydrogen) atoms. The topological polar surface area (TPSA) is 29.0 Å². The molecule has 0 saturated carbocycles. The fraction of sp³-hybridized carbons (Fsp3) is 0.500. The van der Waals surface area contributed by atoms with Crippen LogP contribution in [0.4, 0.5) is 5.82 Å². The van der Waals surface area contributed by atoms with Gasteiger partial charge < -0.3 is 4.90 Å². The molecule has 2 rings (SSSR count). The average Bonchev–Trinajstić information content (AvgIpc) is 2.79. The van der Waals surface area contributed by atoms with Crippen molar-refractivity contribution in [3.05, 3.63) is 17.3 Å². The molecule has 3 nitrogen and oxygen atoms in total. The molecule has 92 valence electrons. The zero-order valence-electron chi connectivity index (χ0n) is 10.3. The van der Waals surface area contributed by atoms with Crippen molar-refractivity contribution in [2.75, 3.05) is 17.3 Å². The summed E-state index contributed by atoms with van der Waals surface area (Å²) < 4.78 is 0. The molecule has 0 N–H and O–H groups in total. The lowest BCUT2D eigenvalue weighted by molar-refractivity contribution is 0.759. The van der Waals surface area contributed by atoms with Crippen LogP contribution in [0.1, 0.15) is 18.7 Å². The average molecular weight is 314 g/mol. The van der Waals surface area contributed by atoms with Crippen LogP contribution in [-0.4, -0.2) is 28.4 Å². The van der Waals surface area contributed by atoms with Crippen molar-refractivity contribution in [1.82, 2.24) is 9.97 Å². The van der Waals surface area contributed by atoms with Gasteiger partial charge in [0.15, 0.2) is 0 Å². The summed E-state index contributed by atoms with van der Waals surface area (Å²) in [6.07, 6.45) is 2.71.